The van der Waals surface area contributed by atoms with E-state index in [2.05, 4.69) is 47.0 Å². The topological polar surface area (TPSA) is 36.4 Å². The first-order valence-electron chi connectivity index (χ1n) is 6.23. The molecule has 0 radical (unpaired) electrons. The second-order valence-electron chi connectivity index (χ2n) is 4.27. The van der Waals surface area contributed by atoms with Gasteiger partial charge in [-0.1, -0.05) is 19.9 Å². The van der Waals surface area contributed by atoms with E-state index in [9.17, 15) is 0 Å². The number of rotatable bonds is 6. The zero-order valence-electron chi connectivity index (χ0n) is 11.4. The summed E-state index contributed by atoms with van der Waals surface area (Å²) in [5.74, 6) is 1.53. The molecule has 0 aliphatic rings. The highest BCUT2D eigenvalue weighted by molar-refractivity contribution is 14.0. The summed E-state index contributed by atoms with van der Waals surface area (Å²) in [6, 6.07) is 4.31. The zero-order valence-corrected chi connectivity index (χ0v) is 14.5. The third-order valence-corrected chi connectivity index (χ3v) is 3.41. The van der Waals surface area contributed by atoms with Crippen molar-refractivity contribution in [2.75, 3.05) is 20.1 Å². The summed E-state index contributed by atoms with van der Waals surface area (Å²) in [7, 11) is 1.81. The minimum Gasteiger partial charge on any atom is -0.356 e. The van der Waals surface area contributed by atoms with E-state index in [1.54, 1.807) is 0 Å². The van der Waals surface area contributed by atoms with Crippen LogP contribution in [0.5, 0.6) is 0 Å². The minimum atomic E-state index is 0. The maximum Gasteiger partial charge on any atom is 0.190 e. The highest BCUT2D eigenvalue weighted by Gasteiger charge is 2.05. The molecule has 2 N–H and O–H groups in total. The summed E-state index contributed by atoms with van der Waals surface area (Å²) >= 11 is 1.83. The molecule has 0 spiro atoms. The standard InChI is InChI=1S/C13H23N3S.HI/c1-4-7-15-13(14-3)16-10-11(2)9-12-6-5-8-17-12;/h5-6,8,11H,4,7,9-10H2,1-3H3,(H2,14,15,16);1H. The van der Waals surface area contributed by atoms with E-state index >= 15 is 0 Å². The van der Waals surface area contributed by atoms with Gasteiger partial charge in [0, 0.05) is 25.0 Å². The molecule has 0 aromatic carbocycles. The second-order valence-corrected chi connectivity index (χ2v) is 5.30. The lowest BCUT2D eigenvalue weighted by molar-refractivity contribution is 0.562. The number of nitrogens with zero attached hydrogens (tertiary/aromatic N) is 1. The van der Waals surface area contributed by atoms with Gasteiger partial charge in [0.1, 0.15) is 0 Å². The number of hydrogen-bond donors (Lipinski definition) is 2. The highest BCUT2D eigenvalue weighted by atomic mass is 127. The van der Waals surface area contributed by atoms with Crippen LogP contribution in [0.15, 0.2) is 22.5 Å². The van der Waals surface area contributed by atoms with Gasteiger partial charge in [0.05, 0.1) is 0 Å². The fraction of sp³-hybridized carbons (Fsp3) is 0.615. The quantitative estimate of drug-likeness (QED) is 0.451. The molecule has 0 amide bonds. The Kier molecular flexibility index (Phi) is 10.4. The summed E-state index contributed by atoms with van der Waals surface area (Å²) in [5.41, 5.74) is 0. The predicted octanol–water partition coefficient (Wildman–Crippen LogP) is 3.12. The minimum absolute atomic E-state index is 0. The number of halogens is 1. The van der Waals surface area contributed by atoms with Crippen molar-refractivity contribution < 1.29 is 0 Å². The first kappa shape index (κ1) is 17.7. The van der Waals surface area contributed by atoms with Gasteiger partial charge >= 0.3 is 0 Å². The lowest BCUT2D eigenvalue weighted by Crippen LogP contribution is -2.39. The Hall–Kier alpha value is -0.300. The zero-order chi connectivity index (χ0) is 12.5. The van der Waals surface area contributed by atoms with Crippen LogP contribution in [0.25, 0.3) is 0 Å². The summed E-state index contributed by atoms with van der Waals surface area (Å²) in [4.78, 5) is 5.65. The summed E-state index contributed by atoms with van der Waals surface area (Å²) in [6.07, 6.45) is 2.25. The molecule has 18 heavy (non-hydrogen) atoms. The van der Waals surface area contributed by atoms with Gasteiger partial charge in [-0.15, -0.1) is 35.3 Å². The van der Waals surface area contributed by atoms with Gasteiger partial charge in [0.15, 0.2) is 5.96 Å². The number of guanidine groups is 1. The van der Waals surface area contributed by atoms with E-state index in [-0.39, 0.29) is 24.0 Å². The number of nitrogens with one attached hydrogen (secondary N) is 2. The van der Waals surface area contributed by atoms with Crippen LogP contribution >= 0.6 is 35.3 Å². The van der Waals surface area contributed by atoms with Crippen molar-refractivity contribution in [3.05, 3.63) is 22.4 Å². The van der Waals surface area contributed by atoms with Crippen molar-refractivity contribution in [2.24, 2.45) is 10.9 Å². The first-order valence-corrected chi connectivity index (χ1v) is 7.11. The molecule has 5 heteroatoms. The molecule has 0 bridgehead atoms. The first-order chi connectivity index (χ1) is 8.26. The van der Waals surface area contributed by atoms with Gasteiger partial charge < -0.3 is 10.6 Å². The van der Waals surface area contributed by atoms with Crippen molar-refractivity contribution in [2.45, 2.75) is 26.7 Å². The van der Waals surface area contributed by atoms with Crippen LogP contribution in [-0.4, -0.2) is 26.1 Å². The molecular weight excluding hydrogens is 357 g/mol. The van der Waals surface area contributed by atoms with Crippen LogP contribution in [0, 0.1) is 5.92 Å². The van der Waals surface area contributed by atoms with E-state index in [0.29, 0.717) is 5.92 Å². The van der Waals surface area contributed by atoms with E-state index in [1.807, 2.05) is 18.4 Å². The molecule has 1 rings (SSSR count). The van der Waals surface area contributed by atoms with Gasteiger partial charge in [-0.3, -0.25) is 4.99 Å². The molecule has 1 aromatic heterocycles. The van der Waals surface area contributed by atoms with Crippen LogP contribution in [-0.2, 0) is 6.42 Å². The summed E-state index contributed by atoms with van der Waals surface area (Å²) < 4.78 is 0. The van der Waals surface area contributed by atoms with Crippen LogP contribution in [0.2, 0.25) is 0 Å². The Morgan fingerprint density at radius 1 is 1.44 bits per heavy atom. The van der Waals surface area contributed by atoms with Crippen molar-refractivity contribution in [1.82, 2.24) is 10.6 Å². The average molecular weight is 381 g/mol. The van der Waals surface area contributed by atoms with Gasteiger partial charge in [-0.25, -0.2) is 0 Å². The molecule has 0 fully saturated rings. The molecule has 104 valence electrons. The SMILES string of the molecule is CCCNC(=NC)NCC(C)Cc1cccs1.I. The van der Waals surface area contributed by atoms with E-state index < -0.39 is 0 Å². The molecule has 3 nitrogen and oxygen atoms in total. The maximum absolute atomic E-state index is 4.19. The monoisotopic (exact) mass is 381 g/mol. The van der Waals surface area contributed by atoms with Crippen molar-refractivity contribution in [3.63, 3.8) is 0 Å². The summed E-state index contributed by atoms with van der Waals surface area (Å²) in [6.45, 7) is 6.35. The Morgan fingerprint density at radius 2 is 2.22 bits per heavy atom. The molecule has 0 saturated carbocycles. The highest BCUT2D eigenvalue weighted by Crippen LogP contribution is 2.13. The molecule has 1 unspecified atom stereocenters. The fourth-order valence-electron chi connectivity index (χ4n) is 1.58. The van der Waals surface area contributed by atoms with E-state index in [4.69, 9.17) is 0 Å². The molecule has 0 aliphatic heterocycles. The van der Waals surface area contributed by atoms with E-state index in [1.165, 1.54) is 4.88 Å². The summed E-state index contributed by atoms with van der Waals surface area (Å²) in [5, 5.41) is 8.77. The van der Waals surface area contributed by atoms with Crippen molar-refractivity contribution in [1.29, 1.82) is 0 Å². The molecule has 0 aliphatic carbocycles. The molecule has 1 aromatic rings. The molecule has 1 heterocycles. The Labute approximate surface area is 131 Å². The van der Waals surface area contributed by atoms with Crippen molar-refractivity contribution >= 4 is 41.3 Å². The largest absolute Gasteiger partial charge is 0.356 e. The van der Waals surface area contributed by atoms with Crippen LogP contribution in [0.4, 0.5) is 0 Å². The van der Waals surface area contributed by atoms with Crippen LogP contribution in [0.3, 0.4) is 0 Å². The molecular formula is C13H24IN3S. The van der Waals surface area contributed by atoms with Gasteiger partial charge in [0.2, 0.25) is 0 Å². The molecule has 0 saturated heterocycles. The lowest BCUT2D eigenvalue weighted by Gasteiger charge is -2.15. The normalized spacial score (nSPS) is 12.7. The maximum atomic E-state index is 4.19. The Bertz CT molecular complexity index is 325. The van der Waals surface area contributed by atoms with Crippen LogP contribution in [0.1, 0.15) is 25.1 Å². The fourth-order valence-corrected chi connectivity index (χ4v) is 2.45. The van der Waals surface area contributed by atoms with Gasteiger partial charge in [-0.05, 0) is 30.2 Å². The Balaban J connectivity index is 0.00000289. The van der Waals surface area contributed by atoms with Gasteiger partial charge in [-0.2, -0.15) is 0 Å². The third-order valence-electron chi connectivity index (χ3n) is 2.51. The smallest absolute Gasteiger partial charge is 0.190 e. The predicted molar refractivity (Wildman–Crippen MR) is 92.3 cm³/mol. The number of thiophene rings is 1. The van der Waals surface area contributed by atoms with E-state index in [0.717, 1.165) is 31.9 Å². The molecule has 1 atom stereocenters. The Morgan fingerprint density at radius 3 is 2.78 bits per heavy atom. The lowest BCUT2D eigenvalue weighted by atomic mass is 10.1. The van der Waals surface area contributed by atoms with Gasteiger partial charge in [0.25, 0.3) is 0 Å². The number of aliphatic imine (C=N–C) groups is 1. The van der Waals surface area contributed by atoms with Crippen molar-refractivity contribution in [3.8, 4) is 0 Å². The second kappa shape index (κ2) is 10.6. The van der Waals surface area contributed by atoms with Crippen LogP contribution < -0.4 is 10.6 Å². The third kappa shape index (κ3) is 7.20. The number of hydrogen-bond acceptors (Lipinski definition) is 2. The average Bonchev–Trinajstić information content (AvgIpc) is 2.82.